The largest absolute Gasteiger partial charge is 0.496 e. The number of amides is 3. The van der Waals surface area contributed by atoms with Crippen molar-refractivity contribution >= 4 is 42.2 Å². The lowest BCUT2D eigenvalue weighted by Crippen LogP contribution is -2.60. The molecule has 232 valence electrons. The number of fused-ring (bicyclic) bond motifs is 1. The van der Waals surface area contributed by atoms with Gasteiger partial charge in [0.25, 0.3) is 5.91 Å². The molecule has 2 heterocycles. The van der Waals surface area contributed by atoms with Gasteiger partial charge in [0.1, 0.15) is 24.1 Å². The standard InChI is InChI=1S/C28H41N4O9P/c1-6-28(7-2,18-11-12-29-25(18)34)24(22(33)15-41-42(37,38)39)32-27(36)20(13-16(3)4)31-26(35)21-14-17-19(30-21)9-8-10-23(17)40-5/h8-10,14,16,18,20,24,30H,6-7,11-13,15H2,1-5H3,(H,29,34)(H,31,35)(H,32,36)(H2,37,38,39)/t18-,20+,24-/m1/s1. The fourth-order valence-electron chi connectivity index (χ4n) is 5.88. The zero-order chi connectivity index (χ0) is 31.2. The van der Waals surface area contributed by atoms with E-state index in [4.69, 9.17) is 4.74 Å². The Kier molecular flexibility index (Phi) is 10.9. The molecule has 6 N–H and O–H groups in total. The highest BCUT2D eigenvalue weighted by molar-refractivity contribution is 7.46. The molecule has 0 saturated carbocycles. The molecule has 0 spiro atoms. The minimum Gasteiger partial charge on any atom is -0.496 e. The van der Waals surface area contributed by atoms with Crippen molar-refractivity contribution in [3.8, 4) is 5.75 Å². The zero-order valence-corrected chi connectivity index (χ0v) is 25.5. The maximum atomic E-state index is 13.8. The molecule has 1 aromatic carbocycles. The van der Waals surface area contributed by atoms with Crippen molar-refractivity contribution in [1.29, 1.82) is 0 Å². The monoisotopic (exact) mass is 608 g/mol. The highest BCUT2D eigenvalue weighted by Crippen LogP contribution is 2.44. The third-order valence-electron chi connectivity index (χ3n) is 8.04. The number of phosphoric ester groups is 1. The summed E-state index contributed by atoms with van der Waals surface area (Å²) < 4.78 is 21.2. The molecule has 14 heteroatoms. The van der Waals surface area contributed by atoms with E-state index in [0.29, 0.717) is 42.5 Å². The fraction of sp³-hybridized carbons (Fsp3) is 0.571. The lowest BCUT2D eigenvalue weighted by Gasteiger charge is -2.43. The van der Waals surface area contributed by atoms with Crippen molar-refractivity contribution in [3.05, 3.63) is 30.0 Å². The van der Waals surface area contributed by atoms with Gasteiger partial charge in [0, 0.05) is 28.8 Å². The van der Waals surface area contributed by atoms with E-state index in [1.54, 1.807) is 38.1 Å². The summed E-state index contributed by atoms with van der Waals surface area (Å²) in [4.78, 5) is 74.9. The molecule has 1 aliphatic rings. The number of nitrogens with one attached hydrogen (secondary N) is 4. The lowest BCUT2D eigenvalue weighted by molar-refractivity contribution is -0.138. The summed E-state index contributed by atoms with van der Waals surface area (Å²) in [6, 6.07) is 4.57. The Bertz CT molecular complexity index is 1350. The predicted molar refractivity (Wildman–Crippen MR) is 155 cm³/mol. The van der Waals surface area contributed by atoms with Gasteiger partial charge in [0.15, 0.2) is 5.78 Å². The summed E-state index contributed by atoms with van der Waals surface area (Å²) in [6.07, 6.45) is 1.28. The number of H-pyrrole nitrogens is 1. The molecule has 42 heavy (non-hydrogen) atoms. The summed E-state index contributed by atoms with van der Waals surface area (Å²) in [7, 11) is -3.47. The van der Waals surface area contributed by atoms with E-state index in [0.717, 1.165) is 0 Å². The van der Waals surface area contributed by atoms with Gasteiger partial charge in [-0.3, -0.25) is 23.7 Å². The Morgan fingerprint density at radius 3 is 2.40 bits per heavy atom. The number of hydrogen-bond donors (Lipinski definition) is 6. The molecular formula is C28H41N4O9P. The molecule has 3 rings (SSSR count). The van der Waals surface area contributed by atoms with Crippen LogP contribution in [0.1, 0.15) is 63.9 Å². The third-order valence-corrected chi connectivity index (χ3v) is 8.50. The van der Waals surface area contributed by atoms with Crippen molar-refractivity contribution in [2.75, 3.05) is 20.3 Å². The van der Waals surface area contributed by atoms with Gasteiger partial charge in [-0.1, -0.05) is 33.8 Å². The van der Waals surface area contributed by atoms with Crippen LogP contribution in [0, 0.1) is 17.3 Å². The van der Waals surface area contributed by atoms with E-state index in [-0.39, 0.29) is 23.9 Å². The number of phosphoric acid groups is 1. The summed E-state index contributed by atoms with van der Waals surface area (Å²) in [5, 5.41) is 8.98. The Morgan fingerprint density at radius 1 is 1.17 bits per heavy atom. The van der Waals surface area contributed by atoms with Gasteiger partial charge in [0.05, 0.1) is 13.2 Å². The van der Waals surface area contributed by atoms with Gasteiger partial charge in [-0.05, 0) is 49.8 Å². The van der Waals surface area contributed by atoms with Gasteiger partial charge in [-0.25, -0.2) is 4.57 Å². The van der Waals surface area contributed by atoms with Gasteiger partial charge >= 0.3 is 7.82 Å². The summed E-state index contributed by atoms with van der Waals surface area (Å²) in [6.45, 7) is 6.78. The van der Waals surface area contributed by atoms with Gasteiger partial charge in [-0.2, -0.15) is 0 Å². The first kappa shape index (κ1) is 33.3. The second kappa shape index (κ2) is 13.8. The van der Waals surface area contributed by atoms with Crippen molar-refractivity contribution < 1.29 is 42.8 Å². The molecule has 13 nitrogen and oxygen atoms in total. The lowest BCUT2D eigenvalue weighted by atomic mass is 9.64. The summed E-state index contributed by atoms with van der Waals surface area (Å²) >= 11 is 0. The molecule has 2 aromatic rings. The maximum absolute atomic E-state index is 13.8. The first-order chi connectivity index (χ1) is 19.8. The zero-order valence-electron chi connectivity index (χ0n) is 24.6. The number of ether oxygens (including phenoxy) is 1. The first-order valence-electron chi connectivity index (χ1n) is 14.0. The predicted octanol–water partition coefficient (Wildman–Crippen LogP) is 2.43. The van der Waals surface area contributed by atoms with Gasteiger partial charge in [-0.15, -0.1) is 0 Å². The number of aromatic nitrogens is 1. The van der Waals surface area contributed by atoms with Crippen LogP contribution in [0.15, 0.2) is 24.3 Å². The smallest absolute Gasteiger partial charge is 0.470 e. The molecule has 1 saturated heterocycles. The summed E-state index contributed by atoms with van der Waals surface area (Å²) in [5.74, 6) is -2.34. The maximum Gasteiger partial charge on any atom is 0.470 e. The summed E-state index contributed by atoms with van der Waals surface area (Å²) in [5.41, 5.74) is -0.186. The van der Waals surface area contributed by atoms with Gasteiger partial charge < -0.3 is 35.5 Å². The topological polar surface area (TPSA) is 196 Å². The third kappa shape index (κ3) is 7.57. The molecule has 1 aliphatic heterocycles. The Balaban J connectivity index is 1.94. The highest BCUT2D eigenvalue weighted by atomic mass is 31.2. The second-order valence-corrected chi connectivity index (χ2v) is 12.2. The normalized spacial score (nSPS) is 17.1. The Labute approximate surface area is 244 Å². The molecule has 1 aromatic heterocycles. The molecule has 3 atom stereocenters. The van der Waals surface area contributed by atoms with E-state index in [1.807, 2.05) is 13.8 Å². The molecule has 0 unspecified atom stereocenters. The van der Waals surface area contributed by atoms with Crippen molar-refractivity contribution in [2.45, 2.75) is 65.5 Å². The first-order valence-corrected chi connectivity index (χ1v) is 15.6. The Morgan fingerprint density at radius 2 is 1.86 bits per heavy atom. The van der Waals surface area contributed by atoms with E-state index < -0.39 is 55.4 Å². The van der Waals surface area contributed by atoms with Crippen molar-refractivity contribution in [1.82, 2.24) is 20.9 Å². The van der Waals surface area contributed by atoms with E-state index in [9.17, 15) is 33.5 Å². The van der Waals surface area contributed by atoms with Crippen molar-refractivity contribution in [3.63, 3.8) is 0 Å². The molecular weight excluding hydrogens is 567 g/mol. The van der Waals surface area contributed by atoms with Crippen LogP contribution in [0.5, 0.6) is 5.75 Å². The quantitative estimate of drug-likeness (QED) is 0.165. The van der Waals surface area contributed by atoms with E-state index in [1.165, 1.54) is 7.11 Å². The average molecular weight is 609 g/mol. The minimum atomic E-state index is -4.99. The van der Waals surface area contributed by atoms with Crippen LogP contribution in [0.3, 0.4) is 0 Å². The second-order valence-electron chi connectivity index (χ2n) is 11.0. The number of carbonyl (C=O) groups excluding carboxylic acids is 4. The van der Waals surface area contributed by atoms with Crippen LogP contribution < -0.4 is 20.7 Å². The molecule has 0 bridgehead atoms. The molecule has 0 aliphatic carbocycles. The minimum absolute atomic E-state index is 0.0290. The molecule has 1 fully saturated rings. The van der Waals surface area contributed by atoms with Crippen LogP contribution >= 0.6 is 7.82 Å². The molecule has 0 radical (unpaired) electrons. The average Bonchev–Trinajstić information content (AvgIpc) is 3.57. The Hall–Kier alpha value is -3.25. The van der Waals surface area contributed by atoms with Gasteiger partial charge in [0.2, 0.25) is 11.8 Å². The number of benzene rings is 1. The molecule has 3 amide bonds. The number of hydrogen-bond acceptors (Lipinski definition) is 7. The van der Waals surface area contributed by atoms with Crippen LogP contribution in [-0.4, -0.2) is 70.6 Å². The highest BCUT2D eigenvalue weighted by Gasteiger charge is 2.51. The number of ketones is 1. The van der Waals surface area contributed by atoms with E-state index >= 15 is 0 Å². The number of Topliss-reactive ketones (excluding diaryl/α,β-unsaturated/α-hetero) is 1. The number of carbonyl (C=O) groups is 4. The van der Waals surface area contributed by atoms with Crippen LogP contribution in [0.2, 0.25) is 0 Å². The van der Waals surface area contributed by atoms with Crippen LogP contribution in [-0.2, 0) is 23.5 Å². The fourth-order valence-corrected chi connectivity index (χ4v) is 6.18. The number of rotatable bonds is 15. The van der Waals surface area contributed by atoms with Crippen molar-refractivity contribution in [2.24, 2.45) is 17.3 Å². The van der Waals surface area contributed by atoms with Crippen LogP contribution in [0.4, 0.5) is 0 Å². The number of methoxy groups -OCH3 is 1. The SMILES string of the molecule is CCC(CC)([C@@H]1CCNC1=O)[C@H](NC(=O)[C@H](CC(C)C)NC(=O)c1cc2c(OC)cccc2[nH]1)C(=O)COP(=O)(O)O. The van der Waals surface area contributed by atoms with E-state index in [2.05, 4.69) is 25.5 Å². The van der Waals surface area contributed by atoms with Crippen LogP contribution in [0.25, 0.3) is 10.9 Å². The number of aromatic amines is 1.